The van der Waals surface area contributed by atoms with Crippen molar-refractivity contribution in [3.05, 3.63) is 11.1 Å². The molecule has 0 radical (unpaired) electrons. The molecular formula is C9H13F3O2. The van der Waals surface area contributed by atoms with Crippen LogP contribution in [0.25, 0.3) is 0 Å². The Morgan fingerprint density at radius 2 is 1.36 bits per heavy atom. The van der Waals surface area contributed by atoms with E-state index in [1.54, 1.807) is 0 Å². The van der Waals surface area contributed by atoms with Crippen molar-refractivity contribution in [2.24, 2.45) is 0 Å². The van der Waals surface area contributed by atoms with Gasteiger partial charge in [-0.05, 0) is 12.8 Å². The maximum Gasteiger partial charge on any atom is 0.331 e. The van der Waals surface area contributed by atoms with E-state index in [9.17, 15) is 18.0 Å². The first-order chi connectivity index (χ1) is 6.67. The lowest BCUT2D eigenvalue weighted by molar-refractivity contribution is -0.132. The number of aliphatic carboxylic acids is 1. The fourth-order valence-corrected chi connectivity index (χ4v) is 1.18. The Morgan fingerprint density at radius 3 is 1.64 bits per heavy atom. The highest BCUT2D eigenvalue weighted by molar-refractivity contribution is 5.87. The summed E-state index contributed by atoms with van der Waals surface area (Å²) in [5.74, 6) is -1.29. The van der Waals surface area contributed by atoms with Crippen LogP contribution in [0.1, 0.15) is 19.3 Å². The zero-order chi connectivity index (χ0) is 11.0. The van der Waals surface area contributed by atoms with Crippen LogP contribution in [0, 0.1) is 0 Å². The van der Waals surface area contributed by atoms with E-state index in [0.29, 0.717) is 0 Å². The van der Waals surface area contributed by atoms with Crippen LogP contribution in [0.5, 0.6) is 0 Å². The Hall–Kier alpha value is -1.00. The average Bonchev–Trinajstić information content (AvgIpc) is 2.13. The highest BCUT2D eigenvalue weighted by Crippen LogP contribution is 2.17. The molecule has 0 aromatic carbocycles. The molecule has 0 spiro atoms. The number of alkyl halides is 3. The van der Waals surface area contributed by atoms with E-state index in [-0.39, 0.29) is 30.4 Å². The molecule has 0 aromatic heterocycles. The van der Waals surface area contributed by atoms with Crippen LogP contribution in [0.4, 0.5) is 13.2 Å². The average molecular weight is 210 g/mol. The molecule has 2 nitrogen and oxygen atoms in total. The Labute approximate surface area is 80.4 Å². The monoisotopic (exact) mass is 210 g/mol. The minimum absolute atomic E-state index is 0.133. The van der Waals surface area contributed by atoms with Crippen molar-refractivity contribution in [3.8, 4) is 0 Å². The molecule has 82 valence electrons. The van der Waals surface area contributed by atoms with Crippen molar-refractivity contribution in [2.75, 3.05) is 20.0 Å². The summed E-state index contributed by atoms with van der Waals surface area (Å²) in [7, 11) is 0. The Morgan fingerprint density at radius 1 is 0.929 bits per heavy atom. The van der Waals surface area contributed by atoms with Gasteiger partial charge in [0.2, 0.25) is 0 Å². The highest BCUT2D eigenvalue weighted by Gasteiger charge is 2.13. The Kier molecular flexibility index (Phi) is 6.88. The van der Waals surface area contributed by atoms with Crippen molar-refractivity contribution in [1.82, 2.24) is 0 Å². The third kappa shape index (κ3) is 4.30. The van der Waals surface area contributed by atoms with Gasteiger partial charge in [0, 0.05) is 12.0 Å². The van der Waals surface area contributed by atoms with Crippen LogP contribution in [0.2, 0.25) is 0 Å². The van der Waals surface area contributed by atoms with Gasteiger partial charge >= 0.3 is 5.97 Å². The SMILES string of the molecule is O=C(O)C(CCF)=C(CCF)CCF. The molecule has 0 saturated carbocycles. The number of hydrogen-bond donors (Lipinski definition) is 1. The smallest absolute Gasteiger partial charge is 0.331 e. The van der Waals surface area contributed by atoms with E-state index in [0.717, 1.165) is 0 Å². The first kappa shape index (κ1) is 13.0. The molecule has 0 unspecified atom stereocenters. The molecule has 0 fully saturated rings. The Bertz CT molecular complexity index is 206. The maximum atomic E-state index is 12.0. The molecule has 0 rings (SSSR count). The van der Waals surface area contributed by atoms with Crippen molar-refractivity contribution in [2.45, 2.75) is 19.3 Å². The summed E-state index contributed by atoms with van der Waals surface area (Å²) in [4.78, 5) is 10.6. The van der Waals surface area contributed by atoms with Gasteiger partial charge < -0.3 is 5.11 Å². The lowest BCUT2D eigenvalue weighted by Crippen LogP contribution is -2.07. The number of carboxylic acid groups (broad SMARTS) is 1. The van der Waals surface area contributed by atoms with Gasteiger partial charge in [-0.1, -0.05) is 5.57 Å². The molecule has 0 aliphatic carbocycles. The molecule has 5 heteroatoms. The molecule has 0 atom stereocenters. The normalized spacial score (nSPS) is 9.93. The third-order valence-electron chi connectivity index (χ3n) is 1.82. The first-order valence-corrected chi connectivity index (χ1v) is 4.29. The van der Waals surface area contributed by atoms with Crippen molar-refractivity contribution < 1.29 is 23.1 Å². The summed E-state index contributed by atoms with van der Waals surface area (Å²) in [6.45, 7) is -2.33. The van der Waals surface area contributed by atoms with Crippen LogP contribution < -0.4 is 0 Å². The predicted molar refractivity (Wildman–Crippen MR) is 46.4 cm³/mol. The molecular weight excluding hydrogens is 197 g/mol. The molecule has 1 N–H and O–H groups in total. The fourth-order valence-electron chi connectivity index (χ4n) is 1.18. The minimum atomic E-state index is -1.29. The van der Waals surface area contributed by atoms with Crippen LogP contribution >= 0.6 is 0 Å². The van der Waals surface area contributed by atoms with Gasteiger partial charge in [0.05, 0.1) is 20.0 Å². The zero-order valence-electron chi connectivity index (χ0n) is 7.73. The van der Waals surface area contributed by atoms with E-state index in [1.165, 1.54) is 0 Å². The summed E-state index contributed by atoms with van der Waals surface area (Å²) in [6, 6.07) is 0. The predicted octanol–water partition coefficient (Wildman–Crippen LogP) is 2.45. The lowest BCUT2D eigenvalue weighted by atomic mass is 10.0. The van der Waals surface area contributed by atoms with E-state index in [2.05, 4.69) is 0 Å². The number of rotatable bonds is 7. The minimum Gasteiger partial charge on any atom is -0.478 e. The van der Waals surface area contributed by atoms with Crippen LogP contribution in [0.3, 0.4) is 0 Å². The van der Waals surface area contributed by atoms with Gasteiger partial charge in [-0.3, -0.25) is 13.2 Å². The lowest BCUT2D eigenvalue weighted by Gasteiger charge is -2.07. The van der Waals surface area contributed by atoms with Crippen LogP contribution in [-0.4, -0.2) is 31.1 Å². The second-order valence-corrected chi connectivity index (χ2v) is 2.70. The van der Waals surface area contributed by atoms with Gasteiger partial charge in [-0.15, -0.1) is 0 Å². The fraction of sp³-hybridized carbons (Fsp3) is 0.667. The second kappa shape index (κ2) is 7.41. The molecule has 0 bridgehead atoms. The zero-order valence-corrected chi connectivity index (χ0v) is 7.73. The summed E-state index contributed by atoms with van der Waals surface area (Å²) >= 11 is 0. The van der Waals surface area contributed by atoms with E-state index >= 15 is 0 Å². The summed E-state index contributed by atoms with van der Waals surface area (Å²) < 4.78 is 35.9. The molecule has 0 aliphatic heterocycles. The third-order valence-corrected chi connectivity index (χ3v) is 1.82. The van der Waals surface area contributed by atoms with Gasteiger partial charge in [0.15, 0.2) is 0 Å². The maximum absolute atomic E-state index is 12.0. The number of carboxylic acids is 1. The van der Waals surface area contributed by atoms with Crippen molar-refractivity contribution in [1.29, 1.82) is 0 Å². The van der Waals surface area contributed by atoms with Gasteiger partial charge in [-0.25, -0.2) is 4.79 Å². The molecule has 0 aromatic rings. The summed E-state index contributed by atoms with van der Waals surface area (Å²) in [6.07, 6.45) is -0.554. The van der Waals surface area contributed by atoms with E-state index < -0.39 is 26.0 Å². The Balaban J connectivity index is 4.72. The number of halogens is 3. The van der Waals surface area contributed by atoms with E-state index in [1.807, 2.05) is 0 Å². The molecule has 0 heterocycles. The quantitative estimate of drug-likeness (QED) is 0.655. The van der Waals surface area contributed by atoms with E-state index in [4.69, 9.17) is 5.11 Å². The largest absolute Gasteiger partial charge is 0.478 e. The van der Waals surface area contributed by atoms with Crippen LogP contribution in [-0.2, 0) is 4.79 Å². The van der Waals surface area contributed by atoms with Gasteiger partial charge in [0.1, 0.15) is 0 Å². The first-order valence-electron chi connectivity index (χ1n) is 4.29. The topological polar surface area (TPSA) is 37.3 Å². The second-order valence-electron chi connectivity index (χ2n) is 2.70. The highest BCUT2D eigenvalue weighted by atomic mass is 19.1. The molecule has 0 saturated heterocycles. The number of hydrogen-bond acceptors (Lipinski definition) is 1. The standard InChI is InChI=1S/C9H13F3O2/c10-4-1-7(2-5-11)8(3-6-12)9(13)14/h1-6H2,(H,13,14). The van der Waals surface area contributed by atoms with Gasteiger partial charge in [-0.2, -0.15) is 0 Å². The summed E-state index contributed by atoms with van der Waals surface area (Å²) in [5, 5.41) is 8.66. The van der Waals surface area contributed by atoms with Crippen LogP contribution in [0.15, 0.2) is 11.1 Å². The number of allylic oxidation sites excluding steroid dienone is 1. The summed E-state index contributed by atoms with van der Waals surface area (Å²) in [5.41, 5.74) is -0.0250. The molecule has 0 aliphatic rings. The van der Waals surface area contributed by atoms with Crippen molar-refractivity contribution >= 4 is 5.97 Å². The molecule has 0 amide bonds. The van der Waals surface area contributed by atoms with Gasteiger partial charge in [0.25, 0.3) is 0 Å². The number of carbonyl (C=O) groups is 1. The van der Waals surface area contributed by atoms with Crippen molar-refractivity contribution in [3.63, 3.8) is 0 Å². The molecule has 14 heavy (non-hydrogen) atoms.